The van der Waals surface area contributed by atoms with Crippen molar-refractivity contribution in [1.29, 1.82) is 0 Å². The van der Waals surface area contributed by atoms with Crippen LogP contribution in [0.3, 0.4) is 0 Å². The largest absolute Gasteiger partial charge is 0.399 e. The van der Waals surface area contributed by atoms with Gasteiger partial charge in [0.25, 0.3) is 0 Å². The van der Waals surface area contributed by atoms with Crippen LogP contribution in [0.5, 0.6) is 0 Å². The number of fused-ring (bicyclic) bond motifs is 1. The lowest BCUT2D eigenvalue weighted by atomic mass is 9.68. The number of benzene rings is 1. The van der Waals surface area contributed by atoms with Crippen LogP contribution in [0.2, 0.25) is 0 Å². The molecule has 1 aromatic carbocycles. The Morgan fingerprint density at radius 2 is 2.00 bits per heavy atom. The smallest absolute Gasteiger partial charge is 0.243 e. The van der Waals surface area contributed by atoms with Gasteiger partial charge >= 0.3 is 0 Å². The van der Waals surface area contributed by atoms with Crippen LogP contribution in [0.4, 0.5) is 0 Å². The number of hydrogen-bond acceptors (Lipinski definition) is 4. The maximum absolute atomic E-state index is 12.7. The van der Waals surface area contributed by atoms with Crippen LogP contribution in [-0.4, -0.2) is 38.6 Å². The third-order valence-electron chi connectivity index (χ3n) is 4.49. The Bertz CT molecular complexity index is 652. The van der Waals surface area contributed by atoms with Crippen molar-refractivity contribution in [2.45, 2.75) is 24.7 Å². The maximum atomic E-state index is 12.7. The summed E-state index contributed by atoms with van der Waals surface area (Å²) < 4.78 is 27.0. The van der Waals surface area contributed by atoms with Crippen molar-refractivity contribution in [1.82, 2.24) is 4.31 Å². The minimum atomic E-state index is -3.40. The van der Waals surface area contributed by atoms with Gasteiger partial charge in [0, 0.05) is 19.0 Å². The Morgan fingerprint density at radius 1 is 1.29 bits per heavy atom. The lowest BCUT2D eigenvalue weighted by molar-refractivity contribution is 0.167. The molecule has 0 aromatic heterocycles. The van der Waals surface area contributed by atoms with Crippen LogP contribution in [-0.2, 0) is 14.9 Å². The summed E-state index contributed by atoms with van der Waals surface area (Å²) in [6, 6.07) is 7.03. The van der Waals surface area contributed by atoms with E-state index < -0.39 is 10.0 Å². The summed E-state index contributed by atoms with van der Waals surface area (Å²) in [5.41, 5.74) is 2.05. The van der Waals surface area contributed by atoms with E-state index in [2.05, 4.69) is 5.16 Å². The van der Waals surface area contributed by atoms with Gasteiger partial charge in [0.05, 0.1) is 10.6 Å². The molecule has 1 aliphatic heterocycles. The third kappa shape index (κ3) is 2.58. The van der Waals surface area contributed by atoms with E-state index in [1.54, 1.807) is 16.4 Å². The first-order chi connectivity index (χ1) is 10.0. The number of oxime groups is 1. The molecule has 1 saturated carbocycles. The number of hydrogen-bond donors (Lipinski definition) is 0. The molecule has 6 heteroatoms. The molecule has 0 radical (unpaired) electrons. The molecular weight excluding hydrogens is 288 g/mol. The van der Waals surface area contributed by atoms with E-state index in [1.807, 2.05) is 19.1 Å². The predicted octanol–water partition coefficient (Wildman–Crippen LogP) is 2.03. The first-order valence-electron chi connectivity index (χ1n) is 7.19. The van der Waals surface area contributed by atoms with Gasteiger partial charge in [-0.25, -0.2) is 8.42 Å². The number of nitrogens with zero attached hydrogens (tertiary/aromatic N) is 2. The average Bonchev–Trinajstić information content (AvgIpc) is 2.45. The van der Waals surface area contributed by atoms with Crippen LogP contribution < -0.4 is 0 Å². The van der Waals surface area contributed by atoms with E-state index in [0.29, 0.717) is 23.9 Å². The summed E-state index contributed by atoms with van der Waals surface area (Å²) >= 11 is 0. The van der Waals surface area contributed by atoms with Gasteiger partial charge in [-0.15, -0.1) is 0 Å². The SMILES string of the molecule is CO/N=C1\C[C@@H]2CCN(S(=O)(=O)c3ccc(C)cc3)C[C@H]12. The molecule has 2 atom stereocenters. The quantitative estimate of drug-likeness (QED) is 0.803. The van der Waals surface area contributed by atoms with E-state index in [4.69, 9.17) is 4.84 Å². The van der Waals surface area contributed by atoms with E-state index >= 15 is 0 Å². The van der Waals surface area contributed by atoms with Gasteiger partial charge in [-0.2, -0.15) is 4.31 Å². The zero-order valence-corrected chi connectivity index (χ0v) is 13.1. The van der Waals surface area contributed by atoms with Gasteiger partial charge < -0.3 is 4.84 Å². The predicted molar refractivity (Wildman–Crippen MR) is 80.6 cm³/mol. The monoisotopic (exact) mass is 308 g/mol. The second-order valence-electron chi connectivity index (χ2n) is 5.80. The molecule has 21 heavy (non-hydrogen) atoms. The highest BCUT2D eigenvalue weighted by Gasteiger charge is 2.44. The van der Waals surface area contributed by atoms with Crippen molar-refractivity contribution in [3.63, 3.8) is 0 Å². The fraction of sp³-hybridized carbons (Fsp3) is 0.533. The standard InChI is InChI=1S/C15H20N2O3S/c1-11-3-5-13(6-4-11)21(18,19)17-8-7-12-9-15(16-20-2)14(12)10-17/h3-6,12,14H,7-10H2,1-2H3/b16-15+/t12-,14-/m0/s1. The van der Waals surface area contributed by atoms with E-state index in [-0.39, 0.29) is 5.92 Å². The molecule has 0 unspecified atom stereocenters. The third-order valence-corrected chi connectivity index (χ3v) is 6.36. The highest BCUT2D eigenvalue weighted by atomic mass is 32.2. The number of aryl methyl sites for hydroxylation is 1. The second-order valence-corrected chi connectivity index (χ2v) is 7.74. The van der Waals surface area contributed by atoms with Gasteiger partial charge in [0.1, 0.15) is 7.11 Å². The van der Waals surface area contributed by atoms with Crippen LogP contribution >= 0.6 is 0 Å². The van der Waals surface area contributed by atoms with Gasteiger partial charge in [-0.05, 0) is 37.8 Å². The molecule has 114 valence electrons. The maximum Gasteiger partial charge on any atom is 0.243 e. The fourth-order valence-corrected chi connectivity index (χ4v) is 4.63. The lowest BCUT2D eigenvalue weighted by Crippen LogP contribution is -2.52. The van der Waals surface area contributed by atoms with E-state index in [9.17, 15) is 8.42 Å². The van der Waals surface area contributed by atoms with Crippen molar-refractivity contribution < 1.29 is 13.3 Å². The molecular formula is C15H20N2O3S. The zero-order chi connectivity index (χ0) is 15.0. The molecule has 0 amide bonds. The highest BCUT2D eigenvalue weighted by Crippen LogP contribution is 2.40. The van der Waals surface area contributed by atoms with Crippen LogP contribution in [0, 0.1) is 18.8 Å². The highest BCUT2D eigenvalue weighted by molar-refractivity contribution is 7.89. The minimum absolute atomic E-state index is 0.221. The fourth-order valence-electron chi connectivity index (χ4n) is 3.15. The molecule has 0 bridgehead atoms. The Kier molecular flexibility index (Phi) is 3.75. The summed E-state index contributed by atoms with van der Waals surface area (Å²) in [5, 5.41) is 4.01. The van der Waals surface area contributed by atoms with Gasteiger partial charge in [-0.3, -0.25) is 0 Å². The summed E-state index contributed by atoms with van der Waals surface area (Å²) in [5.74, 6) is 0.780. The zero-order valence-electron chi connectivity index (χ0n) is 12.3. The molecule has 3 rings (SSSR count). The molecule has 0 N–H and O–H groups in total. The Morgan fingerprint density at radius 3 is 2.67 bits per heavy atom. The molecule has 2 aliphatic rings. The number of rotatable bonds is 3. The molecule has 2 fully saturated rings. The van der Waals surface area contributed by atoms with Crippen LogP contribution in [0.1, 0.15) is 18.4 Å². The first kappa shape index (κ1) is 14.5. The van der Waals surface area contributed by atoms with Crippen molar-refractivity contribution >= 4 is 15.7 Å². The van der Waals surface area contributed by atoms with Gasteiger partial charge in [0.15, 0.2) is 0 Å². The Balaban J connectivity index is 1.80. The van der Waals surface area contributed by atoms with Crippen molar-refractivity contribution in [2.24, 2.45) is 17.0 Å². The minimum Gasteiger partial charge on any atom is -0.399 e. The van der Waals surface area contributed by atoms with Gasteiger partial charge in [-0.1, -0.05) is 22.9 Å². The lowest BCUT2D eigenvalue weighted by Gasteiger charge is -2.45. The molecule has 1 aliphatic carbocycles. The van der Waals surface area contributed by atoms with Crippen molar-refractivity contribution in [2.75, 3.05) is 20.2 Å². The van der Waals surface area contributed by atoms with Crippen LogP contribution in [0.15, 0.2) is 34.3 Å². The summed E-state index contributed by atoms with van der Waals surface area (Å²) in [6.45, 7) is 3.06. The summed E-state index contributed by atoms with van der Waals surface area (Å²) in [7, 11) is -1.87. The summed E-state index contributed by atoms with van der Waals surface area (Å²) in [4.78, 5) is 5.20. The molecule has 5 nitrogen and oxygen atoms in total. The van der Waals surface area contributed by atoms with E-state index in [0.717, 1.165) is 24.1 Å². The molecule has 0 spiro atoms. The van der Waals surface area contributed by atoms with Crippen LogP contribution in [0.25, 0.3) is 0 Å². The number of sulfonamides is 1. The van der Waals surface area contributed by atoms with Gasteiger partial charge in [0.2, 0.25) is 10.0 Å². The first-order valence-corrected chi connectivity index (χ1v) is 8.63. The Labute approximate surface area is 125 Å². The normalized spacial score (nSPS) is 28.0. The molecule has 1 aromatic rings. The molecule has 1 saturated heterocycles. The number of piperidine rings is 1. The average molecular weight is 308 g/mol. The second kappa shape index (κ2) is 5.42. The Hall–Kier alpha value is -1.40. The van der Waals surface area contributed by atoms with Crippen molar-refractivity contribution in [3.05, 3.63) is 29.8 Å². The van der Waals surface area contributed by atoms with Crippen molar-refractivity contribution in [3.8, 4) is 0 Å². The van der Waals surface area contributed by atoms with E-state index in [1.165, 1.54) is 7.11 Å². The summed E-state index contributed by atoms with van der Waals surface area (Å²) in [6.07, 6.45) is 1.84. The molecule has 1 heterocycles. The topological polar surface area (TPSA) is 59.0 Å².